The lowest BCUT2D eigenvalue weighted by Gasteiger charge is -2.22. The Morgan fingerprint density at radius 1 is 1.08 bits per heavy atom. The normalized spacial score (nSPS) is 15.7. The minimum atomic E-state index is -0.474. The number of hydrogen-bond donors (Lipinski definition) is 1. The summed E-state index contributed by atoms with van der Waals surface area (Å²) in [6, 6.07) is 14.4. The highest BCUT2D eigenvalue weighted by atomic mass is 16.5. The van der Waals surface area contributed by atoms with Crippen molar-refractivity contribution in [1.29, 1.82) is 0 Å². The van der Waals surface area contributed by atoms with E-state index in [2.05, 4.69) is 23.5 Å². The lowest BCUT2D eigenvalue weighted by molar-refractivity contribution is -0.128. The number of aryl methyl sites for hydroxylation is 3. The molecule has 2 unspecified atom stereocenters. The molecule has 0 fully saturated rings. The molecule has 0 radical (unpaired) electrons. The summed E-state index contributed by atoms with van der Waals surface area (Å²) in [5.74, 6) is 0.678. The van der Waals surface area contributed by atoms with E-state index in [1.165, 1.54) is 41.5 Å². The van der Waals surface area contributed by atoms with Crippen molar-refractivity contribution in [3.05, 3.63) is 64.7 Å². The molecule has 0 aliphatic heterocycles. The van der Waals surface area contributed by atoms with Gasteiger partial charge in [0.05, 0.1) is 6.04 Å². The van der Waals surface area contributed by atoms with Gasteiger partial charge < -0.3 is 10.1 Å². The standard InChI is InChI=1S/C23H29NO2/c1-4-22(26-21-13-9-16(2)10-14-21)23(25)24-17(3)19-12-11-18-7-5-6-8-20(18)15-19/h9-15,17,22H,4-8H2,1-3H3,(H,24,25). The zero-order chi connectivity index (χ0) is 18.5. The van der Waals surface area contributed by atoms with Crippen LogP contribution in [0.4, 0.5) is 0 Å². The highest BCUT2D eigenvalue weighted by molar-refractivity contribution is 5.81. The number of carbonyl (C=O) groups excluding carboxylic acids is 1. The third kappa shape index (κ3) is 4.46. The first-order chi connectivity index (χ1) is 12.6. The third-order valence-electron chi connectivity index (χ3n) is 5.19. The minimum absolute atomic E-state index is 0.0228. The van der Waals surface area contributed by atoms with Gasteiger partial charge in [0, 0.05) is 0 Å². The fourth-order valence-corrected chi connectivity index (χ4v) is 3.52. The van der Waals surface area contributed by atoms with Crippen molar-refractivity contribution >= 4 is 5.91 Å². The van der Waals surface area contributed by atoms with Gasteiger partial charge in [0.2, 0.25) is 0 Å². The fraction of sp³-hybridized carbons (Fsp3) is 0.435. The summed E-state index contributed by atoms with van der Waals surface area (Å²) in [6.45, 7) is 6.05. The van der Waals surface area contributed by atoms with Gasteiger partial charge in [0.15, 0.2) is 6.10 Å². The molecule has 0 heterocycles. The third-order valence-corrected chi connectivity index (χ3v) is 5.19. The lowest BCUT2D eigenvalue weighted by Crippen LogP contribution is -2.39. The second kappa shape index (κ2) is 8.39. The molecule has 0 spiro atoms. The molecule has 1 aliphatic carbocycles. The largest absolute Gasteiger partial charge is 0.481 e. The first-order valence-corrected chi connectivity index (χ1v) is 9.72. The number of benzene rings is 2. The molecule has 2 aromatic rings. The van der Waals surface area contributed by atoms with Crippen LogP contribution < -0.4 is 10.1 Å². The van der Waals surface area contributed by atoms with Gasteiger partial charge in [0.1, 0.15) is 5.75 Å². The molecule has 1 N–H and O–H groups in total. The van der Waals surface area contributed by atoms with Crippen molar-refractivity contribution < 1.29 is 9.53 Å². The molecule has 0 aromatic heterocycles. The Kier molecular flexibility index (Phi) is 5.97. The molecule has 138 valence electrons. The van der Waals surface area contributed by atoms with E-state index in [0.717, 1.165) is 12.2 Å². The molecule has 3 rings (SSSR count). The van der Waals surface area contributed by atoms with E-state index in [4.69, 9.17) is 4.74 Å². The number of amides is 1. The van der Waals surface area contributed by atoms with Crippen molar-refractivity contribution in [3.8, 4) is 5.75 Å². The van der Waals surface area contributed by atoms with Gasteiger partial charge in [-0.05, 0) is 74.8 Å². The summed E-state index contributed by atoms with van der Waals surface area (Å²) in [4.78, 5) is 12.7. The van der Waals surface area contributed by atoms with E-state index >= 15 is 0 Å². The van der Waals surface area contributed by atoms with E-state index in [1.807, 2.05) is 45.0 Å². The van der Waals surface area contributed by atoms with Crippen LogP contribution in [0.3, 0.4) is 0 Å². The molecule has 1 aliphatic rings. The van der Waals surface area contributed by atoms with Crippen molar-refractivity contribution in [2.24, 2.45) is 0 Å². The topological polar surface area (TPSA) is 38.3 Å². The van der Waals surface area contributed by atoms with Crippen molar-refractivity contribution in [2.75, 3.05) is 0 Å². The Morgan fingerprint density at radius 2 is 1.77 bits per heavy atom. The second-order valence-electron chi connectivity index (χ2n) is 7.29. The van der Waals surface area contributed by atoms with Crippen molar-refractivity contribution in [3.63, 3.8) is 0 Å². The summed E-state index contributed by atoms with van der Waals surface area (Å²) in [5, 5.41) is 3.12. The van der Waals surface area contributed by atoms with E-state index in [-0.39, 0.29) is 11.9 Å². The highest BCUT2D eigenvalue weighted by Gasteiger charge is 2.21. The smallest absolute Gasteiger partial charge is 0.261 e. The fourth-order valence-electron chi connectivity index (χ4n) is 3.52. The Bertz CT molecular complexity index is 751. The monoisotopic (exact) mass is 351 g/mol. The van der Waals surface area contributed by atoms with Gasteiger partial charge in [-0.25, -0.2) is 0 Å². The quantitative estimate of drug-likeness (QED) is 0.803. The van der Waals surface area contributed by atoms with E-state index < -0.39 is 6.10 Å². The molecule has 0 saturated heterocycles. The average molecular weight is 351 g/mol. The molecule has 1 amide bonds. The maximum absolute atomic E-state index is 12.7. The van der Waals surface area contributed by atoms with E-state index in [9.17, 15) is 4.79 Å². The Morgan fingerprint density at radius 3 is 2.46 bits per heavy atom. The molecule has 2 atom stereocenters. The molecular weight excluding hydrogens is 322 g/mol. The van der Waals surface area contributed by atoms with Gasteiger partial charge in [0.25, 0.3) is 5.91 Å². The summed E-state index contributed by atoms with van der Waals surface area (Å²) < 4.78 is 5.90. The maximum Gasteiger partial charge on any atom is 0.261 e. The number of carbonyl (C=O) groups is 1. The Hall–Kier alpha value is -2.29. The number of rotatable bonds is 6. The summed E-state index contributed by atoms with van der Waals surface area (Å²) in [6.07, 6.45) is 5.04. The van der Waals surface area contributed by atoms with E-state index in [0.29, 0.717) is 6.42 Å². The zero-order valence-corrected chi connectivity index (χ0v) is 16.0. The second-order valence-corrected chi connectivity index (χ2v) is 7.29. The van der Waals surface area contributed by atoms with Crippen LogP contribution in [0.5, 0.6) is 5.75 Å². The minimum Gasteiger partial charge on any atom is -0.481 e. The first kappa shape index (κ1) is 18.5. The van der Waals surface area contributed by atoms with Crippen LogP contribution in [-0.2, 0) is 17.6 Å². The van der Waals surface area contributed by atoms with Crippen LogP contribution in [0, 0.1) is 6.92 Å². The van der Waals surface area contributed by atoms with Crippen LogP contribution in [0.1, 0.15) is 61.4 Å². The molecule has 2 aromatic carbocycles. The lowest BCUT2D eigenvalue weighted by atomic mass is 9.89. The molecule has 26 heavy (non-hydrogen) atoms. The molecular formula is C23H29NO2. The highest BCUT2D eigenvalue weighted by Crippen LogP contribution is 2.25. The van der Waals surface area contributed by atoms with Crippen LogP contribution in [0.2, 0.25) is 0 Å². The van der Waals surface area contributed by atoms with Crippen LogP contribution >= 0.6 is 0 Å². The molecule has 3 nitrogen and oxygen atoms in total. The maximum atomic E-state index is 12.7. The number of nitrogens with one attached hydrogen (secondary N) is 1. The summed E-state index contributed by atoms with van der Waals surface area (Å²) in [5.41, 5.74) is 5.26. The summed E-state index contributed by atoms with van der Waals surface area (Å²) >= 11 is 0. The van der Waals surface area contributed by atoms with Crippen molar-refractivity contribution in [1.82, 2.24) is 5.32 Å². The van der Waals surface area contributed by atoms with Gasteiger partial charge >= 0.3 is 0 Å². The SMILES string of the molecule is CCC(Oc1ccc(C)cc1)C(=O)NC(C)c1ccc2c(c1)CCCC2. The van der Waals surface area contributed by atoms with Crippen molar-refractivity contribution in [2.45, 2.75) is 65.0 Å². The molecule has 0 saturated carbocycles. The average Bonchev–Trinajstić information content (AvgIpc) is 2.67. The van der Waals surface area contributed by atoms with Gasteiger partial charge in [-0.3, -0.25) is 4.79 Å². The number of ether oxygens (including phenoxy) is 1. The Balaban J connectivity index is 1.64. The number of hydrogen-bond acceptors (Lipinski definition) is 2. The molecule has 3 heteroatoms. The van der Waals surface area contributed by atoms with Gasteiger partial charge in [-0.15, -0.1) is 0 Å². The predicted octanol–water partition coefficient (Wildman–Crippen LogP) is 4.91. The van der Waals surface area contributed by atoms with Gasteiger partial charge in [-0.1, -0.05) is 42.8 Å². The zero-order valence-electron chi connectivity index (χ0n) is 16.0. The van der Waals surface area contributed by atoms with Crippen LogP contribution in [-0.4, -0.2) is 12.0 Å². The first-order valence-electron chi connectivity index (χ1n) is 9.72. The predicted molar refractivity (Wildman–Crippen MR) is 106 cm³/mol. The van der Waals surface area contributed by atoms with E-state index in [1.54, 1.807) is 0 Å². The van der Waals surface area contributed by atoms with Crippen LogP contribution in [0.15, 0.2) is 42.5 Å². The number of fused-ring (bicyclic) bond motifs is 1. The van der Waals surface area contributed by atoms with Gasteiger partial charge in [-0.2, -0.15) is 0 Å². The summed E-state index contributed by atoms with van der Waals surface area (Å²) in [7, 11) is 0. The Labute approximate surface area is 156 Å². The van der Waals surface area contributed by atoms with Crippen LogP contribution in [0.25, 0.3) is 0 Å². The molecule has 0 bridgehead atoms.